The molecule has 0 saturated carbocycles. The SMILES string of the molecule is COC(=O)Cc1ccc(-n2cc(Cl)cn2)c(Cl)c1. The lowest BCUT2D eigenvalue weighted by Crippen LogP contribution is -2.05. The Morgan fingerprint density at radius 1 is 1.44 bits per heavy atom. The van der Waals surface area contributed by atoms with E-state index in [2.05, 4.69) is 9.84 Å². The molecule has 6 heteroatoms. The van der Waals surface area contributed by atoms with Crippen molar-refractivity contribution in [3.8, 4) is 5.69 Å². The van der Waals surface area contributed by atoms with Crippen LogP contribution in [0.4, 0.5) is 0 Å². The summed E-state index contributed by atoms with van der Waals surface area (Å²) in [5.74, 6) is -0.305. The molecule has 4 nitrogen and oxygen atoms in total. The van der Waals surface area contributed by atoms with Gasteiger partial charge in [-0.25, -0.2) is 4.68 Å². The van der Waals surface area contributed by atoms with Crippen molar-refractivity contribution >= 4 is 29.2 Å². The van der Waals surface area contributed by atoms with Gasteiger partial charge in [-0.3, -0.25) is 4.79 Å². The maximum absolute atomic E-state index is 11.2. The van der Waals surface area contributed by atoms with E-state index in [0.29, 0.717) is 15.7 Å². The molecule has 0 aliphatic rings. The highest BCUT2D eigenvalue weighted by Crippen LogP contribution is 2.23. The molecule has 0 fully saturated rings. The molecular weight excluding hydrogens is 275 g/mol. The normalized spacial score (nSPS) is 10.4. The third-order valence-electron chi connectivity index (χ3n) is 2.39. The Kier molecular flexibility index (Phi) is 3.89. The van der Waals surface area contributed by atoms with Crippen LogP contribution in [0.2, 0.25) is 10.0 Å². The topological polar surface area (TPSA) is 44.1 Å². The molecule has 0 aliphatic carbocycles. The average molecular weight is 285 g/mol. The molecule has 0 spiro atoms. The summed E-state index contributed by atoms with van der Waals surface area (Å²) in [6.45, 7) is 0. The standard InChI is InChI=1S/C12H10Cl2N2O2/c1-18-12(17)5-8-2-3-11(10(14)4-8)16-7-9(13)6-15-16/h2-4,6-7H,5H2,1H3. The van der Waals surface area contributed by atoms with E-state index in [1.165, 1.54) is 13.3 Å². The smallest absolute Gasteiger partial charge is 0.309 e. The number of esters is 1. The van der Waals surface area contributed by atoms with Crippen LogP contribution >= 0.6 is 23.2 Å². The van der Waals surface area contributed by atoms with Crippen LogP contribution in [-0.4, -0.2) is 22.9 Å². The van der Waals surface area contributed by atoms with E-state index in [9.17, 15) is 4.79 Å². The number of hydrogen-bond acceptors (Lipinski definition) is 3. The summed E-state index contributed by atoms with van der Waals surface area (Å²) < 4.78 is 6.17. The van der Waals surface area contributed by atoms with Gasteiger partial charge in [0.15, 0.2) is 0 Å². The van der Waals surface area contributed by atoms with E-state index in [1.54, 1.807) is 29.1 Å². The maximum Gasteiger partial charge on any atom is 0.309 e. The fraction of sp³-hybridized carbons (Fsp3) is 0.167. The minimum absolute atomic E-state index is 0.191. The molecule has 94 valence electrons. The maximum atomic E-state index is 11.2. The number of hydrogen-bond donors (Lipinski definition) is 0. The van der Waals surface area contributed by atoms with Crippen molar-refractivity contribution in [2.75, 3.05) is 7.11 Å². The lowest BCUT2D eigenvalue weighted by Gasteiger charge is -2.06. The highest BCUT2D eigenvalue weighted by Gasteiger charge is 2.08. The summed E-state index contributed by atoms with van der Waals surface area (Å²) >= 11 is 11.9. The number of rotatable bonds is 3. The van der Waals surface area contributed by atoms with Gasteiger partial charge < -0.3 is 4.74 Å². The molecule has 0 saturated heterocycles. The van der Waals surface area contributed by atoms with Crippen LogP contribution in [0.3, 0.4) is 0 Å². The fourth-order valence-electron chi connectivity index (χ4n) is 1.52. The minimum Gasteiger partial charge on any atom is -0.469 e. The van der Waals surface area contributed by atoms with Gasteiger partial charge in [-0.1, -0.05) is 29.3 Å². The van der Waals surface area contributed by atoms with Crippen LogP contribution in [0.5, 0.6) is 0 Å². The first-order valence-corrected chi connectivity index (χ1v) is 5.91. The van der Waals surface area contributed by atoms with E-state index in [4.69, 9.17) is 23.2 Å². The molecule has 18 heavy (non-hydrogen) atoms. The number of methoxy groups -OCH3 is 1. The number of halogens is 2. The van der Waals surface area contributed by atoms with Crippen molar-refractivity contribution in [3.05, 3.63) is 46.2 Å². The lowest BCUT2D eigenvalue weighted by atomic mass is 10.1. The van der Waals surface area contributed by atoms with Crippen LogP contribution in [0.1, 0.15) is 5.56 Å². The summed E-state index contributed by atoms with van der Waals surface area (Å²) in [5.41, 5.74) is 1.49. The molecule has 0 unspecified atom stereocenters. The zero-order chi connectivity index (χ0) is 13.1. The number of ether oxygens (including phenoxy) is 1. The number of nitrogens with zero attached hydrogens (tertiary/aromatic N) is 2. The Morgan fingerprint density at radius 2 is 2.22 bits per heavy atom. The molecule has 1 heterocycles. The molecule has 2 aromatic rings. The monoisotopic (exact) mass is 284 g/mol. The first kappa shape index (κ1) is 12.9. The van der Waals surface area contributed by atoms with Gasteiger partial charge in [-0.05, 0) is 17.7 Å². The second kappa shape index (κ2) is 5.42. The van der Waals surface area contributed by atoms with Gasteiger partial charge in [-0.15, -0.1) is 0 Å². The predicted octanol–water partition coefficient (Wildman–Crippen LogP) is 2.89. The van der Waals surface area contributed by atoms with Gasteiger partial charge in [-0.2, -0.15) is 5.10 Å². The van der Waals surface area contributed by atoms with Crippen LogP contribution in [0, 0.1) is 0 Å². The van der Waals surface area contributed by atoms with E-state index in [-0.39, 0.29) is 12.4 Å². The second-order valence-electron chi connectivity index (χ2n) is 3.64. The fourth-order valence-corrected chi connectivity index (χ4v) is 1.94. The summed E-state index contributed by atoms with van der Waals surface area (Å²) in [7, 11) is 1.35. The van der Waals surface area contributed by atoms with Gasteiger partial charge in [0.2, 0.25) is 0 Å². The van der Waals surface area contributed by atoms with E-state index < -0.39 is 0 Å². The van der Waals surface area contributed by atoms with Crippen LogP contribution in [0.15, 0.2) is 30.6 Å². The van der Waals surface area contributed by atoms with E-state index in [1.807, 2.05) is 0 Å². The number of aromatic nitrogens is 2. The molecule has 1 aromatic carbocycles. The van der Waals surface area contributed by atoms with Gasteiger partial charge in [0.05, 0.1) is 35.5 Å². The highest BCUT2D eigenvalue weighted by molar-refractivity contribution is 6.32. The zero-order valence-electron chi connectivity index (χ0n) is 9.56. The van der Waals surface area contributed by atoms with Crippen molar-refractivity contribution < 1.29 is 9.53 Å². The van der Waals surface area contributed by atoms with Crippen LogP contribution in [-0.2, 0) is 16.0 Å². The third-order valence-corrected chi connectivity index (χ3v) is 2.88. The van der Waals surface area contributed by atoms with Crippen molar-refractivity contribution in [2.45, 2.75) is 6.42 Å². The van der Waals surface area contributed by atoms with Crippen molar-refractivity contribution in [1.82, 2.24) is 9.78 Å². The Morgan fingerprint density at radius 3 is 2.78 bits per heavy atom. The van der Waals surface area contributed by atoms with Gasteiger partial charge >= 0.3 is 5.97 Å². The Hall–Kier alpha value is -1.52. The number of carbonyl (C=O) groups is 1. The molecule has 0 aliphatic heterocycles. The lowest BCUT2D eigenvalue weighted by molar-refractivity contribution is -0.139. The van der Waals surface area contributed by atoms with E-state index >= 15 is 0 Å². The number of carbonyl (C=O) groups excluding carboxylic acids is 1. The summed E-state index contributed by atoms with van der Waals surface area (Å²) in [5, 5.41) is 5.09. The summed E-state index contributed by atoms with van der Waals surface area (Å²) in [4.78, 5) is 11.2. The van der Waals surface area contributed by atoms with Crippen molar-refractivity contribution in [1.29, 1.82) is 0 Å². The first-order chi connectivity index (χ1) is 8.60. The Labute approximate surface area is 114 Å². The predicted molar refractivity (Wildman–Crippen MR) is 69.3 cm³/mol. The Balaban J connectivity index is 2.28. The molecule has 0 atom stereocenters. The third kappa shape index (κ3) is 2.83. The van der Waals surface area contributed by atoms with E-state index in [0.717, 1.165) is 5.56 Å². The van der Waals surface area contributed by atoms with Gasteiger partial charge in [0, 0.05) is 6.20 Å². The molecule has 0 amide bonds. The average Bonchev–Trinajstić information content (AvgIpc) is 2.75. The largest absolute Gasteiger partial charge is 0.469 e. The first-order valence-electron chi connectivity index (χ1n) is 5.16. The minimum atomic E-state index is -0.305. The molecule has 2 rings (SSSR count). The van der Waals surface area contributed by atoms with Gasteiger partial charge in [0.25, 0.3) is 0 Å². The molecule has 0 bridgehead atoms. The van der Waals surface area contributed by atoms with Crippen LogP contribution in [0.25, 0.3) is 5.69 Å². The Bertz CT molecular complexity index is 581. The number of benzene rings is 1. The highest BCUT2D eigenvalue weighted by atomic mass is 35.5. The van der Waals surface area contributed by atoms with Gasteiger partial charge in [0.1, 0.15) is 0 Å². The molecule has 0 radical (unpaired) electrons. The van der Waals surface area contributed by atoms with Crippen LogP contribution < -0.4 is 0 Å². The summed E-state index contributed by atoms with van der Waals surface area (Å²) in [6.07, 6.45) is 3.37. The quantitative estimate of drug-likeness (QED) is 0.814. The molecular formula is C12H10Cl2N2O2. The zero-order valence-corrected chi connectivity index (χ0v) is 11.1. The molecule has 0 N–H and O–H groups in total. The van der Waals surface area contributed by atoms with Crippen molar-refractivity contribution in [2.24, 2.45) is 0 Å². The van der Waals surface area contributed by atoms with Crippen molar-refractivity contribution in [3.63, 3.8) is 0 Å². The summed E-state index contributed by atoms with van der Waals surface area (Å²) in [6, 6.07) is 5.29. The second-order valence-corrected chi connectivity index (χ2v) is 4.49. The molecule has 1 aromatic heterocycles.